The Balaban J connectivity index is 1.73. The Bertz CT molecular complexity index is 691. The molecule has 7 heteroatoms. The molecular weight excluding hydrogens is 316 g/mol. The highest BCUT2D eigenvalue weighted by atomic mass is 16.2. The number of benzene rings is 1. The molecule has 3 N–H and O–H groups in total. The van der Waals surface area contributed by atoms with Gasteiger partial charge in [-0.25, -0.2) is 0 Å². The number of hydrogen-bond acceptors (Lipinski definition) is 5. The van der Waals surface area contributed by atoms with E-state index in [0.29, 0.717) is 5.82 Å². The second-order valence-electron chi connectivity index (χ2n) is 7.11. The average Bonchev–Trinajstić information content (AvgIpc) is 3.07. The highest BCUT2D eigenvalue weighted by Gasteiger charge is 2.30. The SMILES string of the molecule is CC(C)C(C(=O)NC1CCC(N)CC1)n1nnc(-c2ccccc2)n1. The minimum absolute atomic E-state index is 0.0486. The predicted octanol–water partition coefficient (Wildman–Crippen LogP) is 1.92. The van der Waals surface area contributed by atoms with E-state index in [1.54, 1.807) is 0 Å². The molecule has 1 atom stereocenters. The molecule has 0 bridgehead atoms. The van der Waals surface area contributed by atoms with Crippen LogP contribution in [0.4, 0.5) is 0 Å². The van der Waals surface area contributed by atoms with E-state index in [2.05, 4.69) is 20.7 Å². The van der Waals surface area contributed by atoms with Gasteiger partial charge in [-0.2, -0.15) is 4.80 Å². The summed E-state index contributed by atoms with van der Waals surface area (Å²) in [5, 5.41) is 15.8. The maximum atomic E-state index is 12.8. The number of tetrazole rings is 1. The van der Waals surface area contributed by atoms with Crippen molar-refractivity contribution in [3.63, 3.8) is 0 Å². The summed E-state index contributed by atoms with van der Waals surface area (Å²) < 4.78 is 0. The van der Waals surface area contributed by atoms with Crippen molar-refractivity contribution in [1.82, 2.24) is 25.5 Å². The number of nitrogens with two attached hydrogens (primary N) is 1. The molecule has 0 saturated heterocycles. The summed E-state index contributed by atoms with van der Waals surface area (Å²) in [4.78, 5) is 14.3. The van der Waals surface area contributed by atoms with E-state index in [-0.39, 0.29) is 23.9 Å². The minimum Gasteiger partial charge on any atom is -0.351 e. The van der Waals surface area contributed by atoms with Gasteiger partial charge >= 0.3 is 0 Å². The molecule has 1 aromatic heterocycles. The number of aromatic nitrogens is 4. The lowest BCUT2D eigenvalue weighted by Gasteiger charge is -2.29. The Hall–Kier alpha value is -2.28. The first-order valence-electron chi connectivity index (χ1n) is 8.95. The van der Waals surface area contributed by atoms with E-state index in [1.807, 2.05) is 44.2 Å². The molecule has 0 radical (unpaired) electrons. The van der Waals surface area contributed by atoms with E-state index < -0.39 is 6.04 Å². The lowest BCUT2D eigenvalue weighted by molar-refractivity contribution is -0.127. The van der Waals surface area contributed by atoms with Crippen LogP contribution >= 0.6 is 0 Å². The third kappa shape index (κ3) is 4.22. The predicted molar refractivity (Wildman–Crippen MR) is 95.5 cm³/mol. The van der Waals surface area contributed by atoms with Crippen LogP contribution in [-0.2, 0) is 4.79 Å². The summed E-state index contributed by atoms with van der Waals surface area (Å²) in [7, 11) is 0. The molecule has 25 heavy (non-hydrogen) atoms. The van der Waals surface area contributed by atoms with Crippen molar-refractivity contribution < 1.29 is 4.79 Å². The smallest absolute Gasteiger partial charge is 0.247 e. The van der Waals surface area contributed by atoms with Gasteiger partial charge in [-0.15, -0.1) is 10.2 Å². The lowest BCUT2D eigenvalue weighted by Crippen LogP contribution is -2.45. The van der Waals surface area contributed by atoms with Crippen LogP contribution < -0.4 is 11.1 Å². The Labute approximate surface area is 148 Å². The van der Waals surface area contributed by atoms with Crippen LogP contribution in [0.5, 0.6) is 0 Å². The molecule has 0 aliphatic heterocycles. The van der Waals surface area contributed by atoms with Gasteiger partial charge in [0.05, 0.1) is 0 Å². The topological polar surface area (TPSA) is 98.7 Å². The van der Waals surface area contributed by atoms with Crippen LogP contribution in [-0.4, -0.2) is 38.2 Å². The number of carbonyl (C=O) groups is 1. The molecular formula is C18H26N6O. The zero-order valence-corrected chi connectivity index (χ0v) is 14.8. The minimum atomic E-state index is -0.472. The van der Waals surface area contributed by atoms with Gasteiger partial charge in [-0.1, -0.05) is 44.2 Å². The van der Waals surface area contributed by atoms with E-state index in [4.69, 9.17) is 5.73 Å². The molecule has 1 aliphatic carbocycles. The molecule has 134 valence electrons. The Kier molecular flexibility index (Phi) is 5.43. The highest BCUT2D eigenvalue weighted by molar-refractivity contribution is 5.80. The summed E-state index contributed by atoms with van der Waals surface area (Å²) in [6.45, 7) is 3.99. The number of nitrogens with zero attached hydrogens (tertiary/aromatic N) is 4. The second-order valence-corrected chi connectivity index (χ2v) is 7.11. The first kappa shape index (κ1) is 17.5. The van der Waals surface area contributed by atoms with E-state index in [1.165, 1.54) is 4.80 Å². The molecule has 1 fully saturated rings. The monoisotopic (exact) mass is 342 g/mol. The van der Waals surface area contributed by atoms with Gasteiger partial charge < -0.3 is 11.1 Å². The fourth-order valence-electron chi connectivity index (χ4n) is 3.27. The van der Waals surface area contributed by atoms with Crippen molar-refractivity contribution in [2.75, 3.05) is 0 Å². The molecule has 7 nitrogen and oxygen atoms in total. The molecule has 0 spiro atoms. The standard InChI is InChI=1S/C18H26N6O/c1-12(2)16(18(25)20-15-10-8-14(19)9-11-15)24-22-17(21-23-24)13-6-4-3-5-7-13/h3-7,12,14-16H,8-11,19H2,1-2H3,(H,20,25). The number of carbonyl (C=O) groups excluding carboxylic acids is 1. The van der Waals surface area contributed by atoms with Crippen LogP contribution in [0.2, 0.25) is 0 Å². The molecule has 2 aromatic rings. The first-order chi connectivity index (χ1) is 12.0. The van der Waals surface area contributed by atoms with Crippen LogP contribution in [0, 0.1) is 5.92 Å². The van der Waals surface area contributed by atoms with Crippen molar-refractivity contribution in [2.24, 2.45) is 11.7 Å². The van der Waals surface area contributed by atoms with Gasteiger partial charge in [0.15, 0.2) is 6.04 Å². The van der Waals surface area contributed by atoms with E-state index in [0.717, 1.165) is 31.2 Å². The number of nitrogens with one attached hydrogen (secondary N) is 1. The third-order valence-corrected chi connectivity index (χ3v) is 4.73. The van der Waals surface area contributed by atoms with Crippen LogP contribution in [0.25, 0.3) is 11.4 Å². The van der Waals surface area contributed by atoms with E-state index in [9.17, 15) is 4.79 Å². The number of hydrogen-bond donors (Lipinski definition) is 2. The van der Waals surface area contributed by atoms with Crippen LogP contribution in [0.1, 0.15) is 45.6 Å². The highest BCUT2D eigenvalue weighted by Crippen LogP contribution is 2.21. The summed E-state index contributed by atoms with van der Waals surface area (Å²) in [5.41, 5.74) is 6.83. The van der Waals surface area contributed by atoms with Gasteiger partial charge in [-0.05, 0) is 36.8 Å². The van der Waals surface area contributed by atoms with Crippen molar-refractivity contribution in [1.29, 1.82) is 0 Å². The zero-order valence-electron chi connectivity index (χ0n) is 14.8. The lowest BCUT2D eigenvalue weighted by atomic mass is 9.91. The fraction of sp³-hybridized carbons (Fsp3) is 0.556. The average molecular weight is 342 g/mol. The maximum Gasteiger partial charge on any atom is 0.247 e. The number of amides is 1. The van der Waals surface area contributed by atoms with Gasteiger partial charge in [0, 0.05) is 17.6 Å². The van der Waals surface area contributed by atoms with Crippen molar-refractivity contribution in [2.45, 2.75) is 57.7 Å². The van der Waals surface area contributed by atoms with Gasteiger partial charge in [0.25, 0.3) is 0 Å². The molecule has 1 unspecified atom stereocenters. The molecule has 1 heterocycles. The van der Waals surface area contributed by atoms with E-state index >= 15 is 0 Å². The summed E-state index contributed by atoms with van der Waals surface area (Å²) >= 11 is 0. The molecule has 3 rings (SSSR count). The van der Waals surface area contributed by atoms with Crippen molar-refractivity contribution in [3.05, 3.63) is 30.3 Å². The molecule has 1 saturated carbocycles. The van der Waals surface area contributed by atoms with Crippen LogP contribution in [0.3, 0.4) is 0 Å². The molecule has 1 aliphatic rings. The normalized spacial score (nSPS) is 21.9. The maximum absolute atomic E-state index is 12.8. The van der Waals surface area contributed by atoms with Crippen molar-refractivity contribution >= 4 is 5.91 Å². The first-order valence-corrected chi connectivity index (χ1v) is 8.95. The summed E-state index contributed by atoms with van der Waals surface area (Å²) in [6, 6.07) is 9.63. The third-order valence-electron chi connectivity index (χ3n) is 4.73. The Morgan fingerprint density at radius 2 is 1.88 bits per heavy atom. The second kappa shape index (κ2) is 7.74. The molecule has 1 amide bonds. The number of rotatable bonds is 5. The van der Waals surface area contributed by atoms with Gasteiger partial charge in [0.1, 0.15) is 0 Å². The van der Waals surface area contributed by atoms with Gasteiger partial charge in [-0.3, -0.25) is 4.79 Å². The van der Waals surface area contributed by atoms with Crippen molar-refractivity contribution in [3.8, 4) is 11.4 Å². The Morgan fingerprint density at radius 3 is 2.52 bits per heavy atom. The van der Waals surface area contributed by atoms with Gasteiger partial charge in [0.2, 0.25) is 11.7 Å². The largest absolute Gasteiger partial charge is 0.351 e. The Morgan fingerprint density at radius 1 is 1.20 bits per heavy atom. The van der Waals surface area contributed by atoms with Crippen LogP contribution in [0.15, 0.2) is 30.3 Å². The quantitative estimate of drug-likeness (QED) is 0.865. The summed E-state index contributed by atoms with van der Waals surface area (Å²) in [6.07, 6.45) is 3.77. The molecule has 1 aromatic carbocycles. The zero-order chi connectivity index (χ0) is 17.8. The summed E-state index contributed by atoms with van der Waals surface area (Å²) in [5.74, 6) is 0.541. The fourth-order valence-corrected chi connectivity index (χ4v) is 3.27.